The van der Waals surface area contributed by atoms with Crippen LogP contribution in [0.15, 0.2) is 12.2 Å². The van der Waals surface area contributed by atoms with Crippen molar-refractivity contribution in [2.45, 2.75) is 32.5 Å². The predicted octanol–water partition coefficient (Wildman–Crippen LogP) is 1.98. The number of carbonyl (C=O) groups is 1. The van der Waals surface area contributed by atoms with Crippen LogP contribution in [0.25, 0.3) is 0 Å². The van der Waals surface area contributed by atoms with Crippen LogP contribution in [0.3, 0.4) is 0 Å². The highest BCUT2D eigenvalue weighted by Gasteiger charge is 2.43. The highest BCUT2D eigenvalue weighted by molar-refractivity contribution is 7.39. The quantitative estimate of drug-likeness (QED) is 0.323. The molecule has 0 aliphatic heterocycles. The second-order valence-electron chi connectivity index (χ2n) is 3.57. The van der Waals surface area contributed by atoms with Crippen molar-refractivity contribution in [3.8, 4) is 0 Å². The lowest BCUT2D eigenvalue weighted by atomic mass is 10.3. The molecule has 16 heavy (non-hydrogen) atoms. The largest absolute Gasteiger partial charge is 0.540 e. The fourth-order valence-corrected chi connectivity index (χ4v) is 1.28. The molecule has 0 saturated carbocycles. The second kappa shape index (κ2) is 6.74. The van der Waals surface area contributed by atoms with E-state index in [1.807, 2.05) is 0 Å². The van der Waals surface area contributed by atoms with Crippen LogP contribution in [0.5, 0.6) is 0 Å². The van der Waals surface area contributed by atoms with Gasteiger partial charge in [-0.2, -0.15) is 4.89 Å². The van der Waals surface area contributed by atoms with E-state index >= 15 is 0 Å². The first kappa shape index (κ1) is 15.2. The van der Waals surface area contributed by atoms with Crippen LogP contribution in [0, 0.1) is 0 Å². The number of hydrogen-bond acceptors (Lipinski definition) is 4. The lowest BCUT2D eigenvalue weighted by Crippen LogP contribution is -2.25. The minimum Gasteiger partial charge on any atom is -0.460 e. The van der Waals surface area contributed by atoms with Crippen molar-refractivity contribution in [1.82, 2.24) is 0 Å². The number of esters is 1. The third-order valence-corrected chi connectivity index (χ3v) is 3.39. The summed E-state index contributed by atoms with van der Waals surface area (Å²) in [4.78, 5) is 20.0. The van der Waals surface area contributed by atoms with Gasteiger partial charge in [0.05, 0.1) is 6.61 Å². The summed E-state index contributed by atoms with van der Waals surface area (Å²) in [6.45, 7) is 8.41. The average molecular weight is 249 g/mol. The first-order valence-electron chi connectivity index (χ1n) is 4.96. The fourth-order valence-electron chi connectivity index (χ4n) is 0.812. The Morgan fingerprint density at radius 1 is 1.50 bits per heavy atom. The Bertz CT molecular complexity index is 289. The van der Waals surface area contributed by atoms with Gasteiger partial charge in [-0.25, -0.2) is 4.79 Å². The summed E-state index contributed by atoms with van der Waals surface area (Å²) in [6.07, 6.45) is 0.410. The van der Waals surface area contributed by atoms with E-state index in [1.54, 1.807) is 20.8 Å². The van der Waals surface area contributed by atoms with E-state index in [0.717, 1.165) is 0 Å². The van der Waals surface area contributed by atoms with Crippen molar-refractivity contribution in [2.24, 2.45) is 0 Å². The molecule has 0 aromatic carbocycles. The van der Waals surface area contributed by atoms with Crippen LogP contribution >= 0.6 is 8.03 Å². The summed E-state index contributed by atoms with van der Waals surface area (Å²) in [7, 11) is -2.42. The Hall–Kier alpha value is -0.770. The molecule has 92 valence electrons. The SMILES string of the molecule is C=C(C)C(=O)OCCOC(C)(CC)[P+](=O)O. The normalized spacial score (nSPS) is 15.1. The zero-order valence-electron chi connectivity index (χ0n) is 9.86. The summed E-state index contributed by atoms with van der Waals surface area (Å²) in [6, 6.07) is 0. The summed E-state index contributed by atoms with van der Waals surface area (Å²) < 4.78 is 21.0. The van der Waals surface area contributed by atoms with Gasteiger partial charge in [-0.15, -0.1) is 0 Å². The van der Waals surface area contributed by atoms with E-state index in [9.17, 15) is 9.36 Å². The standard InChI is InChI=1S/C10H17O5P/c1-5-10(4,16(12)13)15-7-6-14-9(11)8(2)3/h2,5-7H2,1,3-4H3/p+1. The predicted molar refractivity (Wildman–Crippen MR) is 60.2 cm³/mol. The molecule has 0 aromatic rings. The Balaban J connectivity index is 3.94. The molecule has 0 bridgehead atoms. The molecule has 5 nitrogen and oxygen atoms in total. The lowest BCUT2D eigenvalue weighted by Gasteiger charge is -2.15. The molecule has 2 unspecified atom stereocenters. The first-order chi connectivity index (χ1) is 7.33. The Kier molecular flexibility index (Phi) is 6.41. The van der Waals surface area contributed by atoms with Crippen molar-refractivity contribution in [3.63, 3.8) is 0 Å². The Labute approximate surface area is 96.3 Å². The summed E-state index contributed by atoms with van der Waals surface area (Å²) in [5.41, 5.74) is 0.312. The van der Waals surface area contributed by atoms with Gasteiger partial charge in [-0.05, 0) is 11.5 Å². The second-order valence-corrected chi connectivity index (χ2v) is 5.06. The highest BCUT2D eigenvalue weighted by Crippen LogP contribution is 2.38. The van der Waals surface area contributed by atoms with Gasteiger partial charge in [0.2, 0.25) is 0 Å². The molecule has 0 spiro atoms. The molecule has 0 aromatic heterocycles. The van der Waals surface area contributed by atoms with Gasteiger partial charge in [0.25, 0.3) is 5.34 Å². The summed E-state index contributed by atoms with van der Waals surface area (Å²) in [5, 5.41) is -1.08. The lowest BCUT2D eigenvalue weighted by molar-refractivity contribution is -0.141. The monoisotopic (exact) mass is 249 g/mol. The van der Waals surface area contributed by atoms with E-state index in [2.05, 4.69) is 6.58 Å². The zero-order valence-corrected chi connectivity index (χ0v) is 10.8. The maximum absolute atomic E-state index is 11.0. The summed E-state index contributed by atoms with van der Waals surface area (Å²) in [5.74, 6) is -0.491. The molecule has 2 atom stereocenters. The minimum atomic E-state index is -2.42. The minimum absolute atomic E-state index is 0.0461. The van der Waals surface area contributed by atoms with Gasteiger partial charge in [0, 0.05) is 18.9 Å². The fraction of sp³-hybridized carbons (Fsp3) is 0.700. The molecular formula is C10H18O5P+. The van der Waals surface area contributed by atoms with Crippen molar-refractivity contribution < 1.29 is 23.7 Å². The molecule has 0 fully saturated rings. The van der Waals surface area contributed by atoms with E-state index in [1.165, 1.54) is 0 Å². The average Bonchev–Trinajstić information content (AvgIpc) is 2.23. The first-order valence-corrected chi connectivity index (χ1v) is 6.17. The maximum Gasteiger partial charge on any atom is 0.540 e. The van der Waals surface area contributed by atoms with Crippen molar-refractivity contribution in [3.05, 3.63) is 12.2 Å². The van der Waals surface area contributed by atoms with Crippen LogP contribution < -0.4 is 0 Å². The Morgan fingerprint density at radius 3 is 2.44 bits per heavy atom. The number of rotatable bonds is 7. The third-order valence-electron chi connectivity index (χ3n) is 2.14. The molecule has 1 N–H and O–H groups in total. The van der Waals surface area contributed by atoms with Gasteiger partial charge in [-0.1, -0.05) is 13.5 Å². The summed E-state index contributed by atoms with van der Waals surface area (Å²) >= 11 is 0. The zero-order chi connectivity index (χ0) is 12.8. The van der Waals surface area contributed by atoms with Crippen LogP contribution in [0.2, 0.25) is 0 Å². The molecule has 0 amide bonds. The van der Waals surface area contributed by atoms with E-state index < -0.39 is 19.3 Å². The van der Waals surface area contributed by atoms with Gasteiger partial charge < -0.3 is 9.47 Å². The van der Waals surface area contributed by atoms with Crippen LogP contribution in [0.1, 0.15) is 27.2 Å². The van der Waals surface area contributed by atoms with Gasteiger partial charge in [0.15, 0.2) is 0 Å². The third kappa shape index (κ3) is 4.84. The van der Waals surface area contributed by atoms with Crippen LogP contribution in [-0.4, -0.2) is 29.4 Å². The van der Waals surface area contributed by atoms with Crippen molar-refractivity contribution in [2.75, 3.05) is 13.2 Å². The Morgan fingerprint density at radius 2 is 2.06 bits per heavy atom. The van der Waals surface area contributed by atoms with Gasteiger partial charge in [0.1, 0.15) is 6.61 Å². The molecule has 0 heterocycles. The van der Waals surface area contributed by atoms with Gasteiger partial charge >= 0.3 is 14.0 Å². The smallest absolute Gasteiger partial charge is 0.460 e. The van der Waals surface area contributed by atoms with E-state index in [0.29, 0.717) is 12.0 Å². The molecule has 0 rings (SSSR count). The highest BCUT2D eigenvalue weighted by atomic mass is 31.1. The topological polar surface area (TPSA) is 72.8 Å². The molecule has 0 radical (unpaired) electrons. The van der Waals surface area contributed by atoms with Crippen LogP contribution in [-0.2, 0) is 18.8 Å². The van der Waals surface area contributed by atoms with E-state index in [4.69, 9.17) is 14.4 Å². The molecule has 0 saturated heterocycles. The number of ether oxygens (including phenoxy) is 2. The van der Waals surface area contributed by atoms with Crippen molar-refractivity contribution in [1.29, 1.82) is 0 Å². The maximum atomic E-state index is 11.0. The van der Waals surface area contributed by atoms with E-state index in [-0.39, 0.29) is 13.2 Å². The molecule has 6 heteroatoms. The van der Waals surface area contributed by atoms with Crippen molar-refractivity contribution >= 4 is 14.0 Å². The molecular weight excluding hydrogens is 231 g/mol. The number of hydrogen-bond donors (Lipinski definition) is 1. The molecule has 0 aliphatic carbocycles. The van der Waals surface area contributed by atoms with Crippen LogP contribution in [0.4, 0.5) is 0 Å². The van der Waals surface area contributed by atoms with Gasteiger partial charge in [-0.3, -0.25) is 0 Å². The number of carbonyl (C=O) groups excluding carboxylic acids is 1. The molecule has 0 aliphatic rings.